The number of hydrogen-bond donors (Lipinski definition) is 2. The zero-order valence-corrected chi connectivity index (χ0v) is 26.5. The van der Waals surface area contributed by atoms with Gasteiger partial charge < -0.3 is 25.3 Å². The van der Waals surface area contributed by atoms with E-state index in [1.807, 2.05) is 38.3 Å². The first-order chi connectivity index (χ1) is 21.8. The van der Waals surface area contributed by atoms with Crippen molar-refractivity contribution < 1.29 is 14.4 Å². The van der Waals surface area contributed by atoms with Crippen LogP contribution in [0.3, 0.4) is 0 Å². The Bertz CT molecular complexity index is 1610. The topological polar surface area (TPSA) is 115 Å². The number of nitrogens with one attached hydrogen (secondary N) is 1. The molecule has 3 aromatic rings. The number of piperidine rings is 1. The molecular formula is C33H36ClN7O3S. The highest BCUT2D eigenvalue weighted by molar-refractivity contribution is 7.14. The van der Waals surface area contributed by atoms with Crippen LogP contribution in [-0.4, -0.2) is 82.8 Å². The van der Waals surface area contributed by atoms with E-state index in [-0.39, 0.29) is 30.3 Å². The lowest BCUT2D eigenvalue weighted by molar-refractivity contribution is -0.142. The van der Waals surface area contributed by atoms with Gasteiger partial charge in [0, 0.05) is 80.9 Å². The zero-order valence-electron chi connectivity index (χ0n) is 25.0. The number of carbonyl (C=O) groups is 3. The average Bonchev–Trinajstić information content (AvgIpc) is 3.53. The number of thiophene rings is 1. The maximum absolute atomic E-state index is 14.0. The minimum Gasteiger partial charge on any atom is -0.397 e. The van der Waals surface area contributed by atoms with Gasteiger partial charge in [-0.3, -0.25) is 19.9 Å². The van der Waals surface area contributed by atoms with Crippen molar-refractivity contribution in [1.82, 2.24) is 19.7 Å². The van der Waals surface area contributed by atoms with E-state index >= 15 is 0 Å². The Hall–Kier alpha value is -4.27. The van der Waals surface area contributed by atoms with Crippen LogP contribution in [0.5, 0.6) is 0 Å². The Morgan fingerprint density at radius 3 is 2.53 bits per heavy atom. The van der Waals surface area contributed by atoms with Gasteiger partial charge in [-0.15, -0.1) is 17.8 Å². The largest absolute Gasteiger partial charge is 0.397 e. The third kappa shape index (κ3) is 6.72. The number of hydrogen-bond acceptors (Lipinski definition) is 7. The molecule has 2 fully saturated rings. The van der Waals surface area contributed by atoms with Crippen LogP contribution in [0.15, 0.2) is 48.1 Å². The number of benzene rings is 1. The number of nitrogen functional groups attached to an aromatic ring is 1. The number of pyridine rings is 1. The Morgan fingerprint density at radius 2 is 1.82 bits per heavy atom. The molecule has 2 aromatic heterocycles. The minimum absolute atomic E-state index is 0.0512. The summed E-state index contributed by atoms with van der Waals surface area (Å²) in [5.41, 5.74) is 9.82. The summed E-state index contributed by atoms with van der Waals surface area (Å²) in [6.07, 6.45) is 11.0. The Kier molecular flexibility index (Phi) is 9.14. The molecular weight excluding hydrogens is 610 g/mol. The highest BCUT2D eigenvalue weighted by atomic mass is 35.5. The number of halogens is 1. The maximum Gasteiger partial charge on any atom is 0.323 e. The number of rotatable bonds is 7. The van der Waals surface area contributed by atoms with Crippen molar-refractivity contribution >= 4 is 57.2 Å². The first-order valence-corrected chi connectivity index (χ1v) is 16.5. The van der Waals surface area contributed by atoms with Gasteiger partial charge in [0.1, 0.15) is 5.00 Å². The van der Waals surface area contributed by atoms with Crippen molar-refractivity contribution in [2.24, 2.45) is 5.92 Å². The summed E-state index contributed by atoms with van der Waals surface area (Å²) >= 11 is 7.92. The summed E-state index contributed by atoms with van der Waals surface area (Å²) < 4.78 is 0. The first-order valence-electron chi connectivity index (χ1n) is 15.2. The number of amides is 4. The van der Waals surface area contributed by atoms with Crippen molar-refractivity contribution in [2.45, 2.75) is 38.3 Å². The lowest BCUT2D eigenvalue weighted by atomic mass is 9.92. The molecule has 1 aromatic carbocycles. The molecule has 1 atom stereocenters. The van der Waals surface area contributed by atoms with Gasteiger partial charge in [-0.05, 0) is 60.5 Å². The fourth-order valence-electron chi connectivity index (χ4n) is 6.50. The summed E-state index contributed by atoms with van der Waals surface area (Å²) in [6.45, 7) is 4.14. The molecule has 0 spiro atoms. The Balaban J connectivity index is 1.12. The second kappa shape index (κ2) is 13.4. The van der Waals surface area contributed by atoms with Crippen molar-refractivity contribution in [3.8, 4) is 12.3 Å². The number of aromatic nitrogens is 1. The number of urea groups is 1. The van der Waals surface area contributed by atoms with E-state index < -0.39 is 5.92 Å². The summed E-state index contributed by atoms with van der Waals surface area (Å²) in [4.78, 5) is 52.4. The number of anilines is 3. The van der Waals surface area contributed by atoms with E-state index in [2.05, 4.69) is 21.1 Å². The van der Waals surface area contributed by atoms with Gasteiger partial charge in [-0.1, -0.05) is 17.5 Å². The average molecular weight is 646 g/mol. The molecule has 3 aliphatic rings. The molecule has 234 valence electrons. The number of piperazine rings is 1. The second-order valence-corrected chi connectivity index (χ2v) is 13.1. The predicted molar refractivity (Wildman–Crippen MR) is 177 cm³/mol. The van der Waals surface area contributed by atoms with Gasteiger partial charge in [0.2, 0.25) is 11.8 Å². The molecule has 0 saturated carbocycles. The van der Waals surface area contributed by atoms with Crippen molar-refractivity contribution in [1.29, 1.82) is 0 Å². The lowest BCUT2D eigenvalue weighted by Crippen LogP contribution is -2.52. The van der Waals surface area contributed by atoms with Gasteiger partial charge in [-0.25, -0.2) is 4.79 Å². The van der Waals surface area contributed by atoms with Crippen molar-refractivity contribution in [3.63, 3.8) is 0 Å². The number of terminal acetylenes is 1. The van der Waals surface area contributed by atoms with Crippen LogP contribution in [-0.2, 0) is 22.6 Å². The molecule has 0 unspecified atom stereocenters. The minimum atomic E-state index is -0.585. The van der Waals surface area contributed by atoms with Gasteiger partial charge >= 0.3 is 6.03 Å². The molecule has 2 saturated heterocycles. The number of fused-ring (bicyclic) bond motifs is 1. The molecule has 0 bridgehead atoms. The molecule has 5 heterocycles. The normalized spacial score (nSPS) is 17.8. The fourth-order valence-corrected chi connectivity index (χ4v) is 7.54. The third-order valence-electron chi connectivity index (χ3n) is 9.04. The molecule has 3 N–H and O–H groups in total. The third-order valence-corrected chi connectivity index (χ3v) is 10.2. The molecule has 10 nitrogen and oxygen atoms in total. The quantitative estimate of drug-likeness (QED) is 0.293. The smallest absolute Gasteiger partial charge is 0.323 e. The second-order valence-electron chi connectivity index (χ2n) is 11.8. The zero-order chi connectivity index (χ0) is 31.5. The lowest BCUT2D eigenvalue weighted by Gasteiger charge is -2.40. The van der Waals surface area contributed by atoms with E-state index in [0.29, 0.717) is 81.3 Å². The molecule has 0 radical (unpaired) electrons. The molecule has 4 amide bonds. The Morgan fingerprint density at radius 1 is 1.09 bits per heavy atom. The van der Waals surface area contributed by atoms with E-state index in [4.69, 9.17) is 23.8 Å². The highest BCUT2D eigenvalue weighted by Gasteiger charge is 2.35. The van der Waals surface area contributed by atoms with E-state index in [0.717, 1.165) is 21.8 Å². The summed E-state index contributed by atoms with van der Waals surface area (Å²) in [6, 6.07) is 9.45. The van der Waals surface area contributed by atoms with Gasteiger partial charge in [-0.2, -0.15) is 0 Å². The molecule has 12 heteroatoms. The summed E-state index contributed by atoms with van der Waals surface area (Å²) in [5, 5.41) is 6.22. The molecule has 6 rings (SSSR count). The number of nitrogens with two attached hydrogens (primary N) is 1. The van der Waals surface area contributed by atoms with Crippen LogP contribution in [0.4, 0.5) is 21.2 Å². The van der Waals surface area contributed by atoms with Crippen molar-refractivity contribution in [3.05, 3.63) is 69.8 Å². The summed E-state index contributed by atoms with van der Waals surface area (Å²) in [7, 11) is 0. The first kappa shape index (κ1) is 30.7. The number of carbonyl (C=O) groups excluding carboxylic acids is 3. The van der Waals surface area contributed by atoms with Crippen LogP contribution < -0.4 is 16.0 Å². The Labute approximate surface area is 272 Å². The van der Waals surface area contributed by atoms with Crippen LogP contribution in [0.2, 0.25) is 5.02 Å². The van der Waals surface area contributed by atoms with Gasteiger partial charge in [0.15, 0.2) is 0 Å². The molecule has 3 aliphatic heterocycles. The maximum atomic E-state index is 14.0. The number of likely N-dealkylation sites (tertiary alicyclic amines) is 1. The van der Waals surface area contributed by atoms with Gasteiger partial charge in [0.25, 0.3) is 0 Å². The summed E-state index contributed by atoms with van der Waals surface area (Å²) in [5.74, 6) is 1.86. The predicted octanol–water partition coefficient (Wildman–Crippen LogP) is 4.30. The SMILES string of the molecule is C#Cc1cc(C[C@@H](CC(=O)N2CCC(N3Cc4ccsc4NC3=O)CC2)C(=O)N2CCN(c3ccncc3)CC2)cc(Cl)c1N. The van der Waals surface area contributed by atoms with E-state index in [9.17, 15) is 14.4 Å². The van der Waals surface area contributed by atoms with Crippen molar-refractivity contribution in [2.75, 3.05) is 55.2 Å². The van der Waals surface area contributed by atoms with Crippen LogP contribution >= 0.6 is 22.9 Å². The molecule has 0 aliphatic carbocycles. The van der Waals surface area contributed by atoms with Crippen LogP contribution in [0, 0.1) is 18.3 Å². The van der Waals surface area contributed by atoms with Gasteiger partial charge in [0.05, 0.1) is 23.2 Å². The monoisotopic (exact) mass is 645 g/mol. The molecule has 45 heavy (non-hydrogen) atoms. The van der Waals surface area contributed by atoms with E-state index in [1.165, 1.54) is 11.3 Å². The standard InChI is InChI=1S/C33H36ClN7O3S/c1-2-23-17-22(19-28(34)30(23)35)18-25(32(43)40-14-12-38(13-15-40)26-3-8-36-9-4-26)20-29(42)39-10-5-27(6-11-39)41-21-24-7-16-45-31(24)37-33(41)44/h1,3-4,7-9,16-17,19,25,27H,5-6,10-15,18,20-21,35H2,(H,37,44)/t25-/m0/s1. The number of nitrogens with zero attached hydrogens (tertiary/aromatic N) is 5. The van der Waals surface area contributed by atoms with Crippen LogP contribution in [0.25, 0.3) is 0 Å². The van der Waals surface area contributed by atoms with E-state index in [1.54, 1.807) is 24.5 Å². The highest BCUT2D eigenvalue weighted by Crippen LogP contribution is 2.32. The fraction of sp³-hybridized carbons (Fsp3) is 0.394. The van der Waals surface area contributed by atoms with Crippen LogP contribution in [0.1, 0.15) is 36.0 Å².